The molecule has 3 heteroatoms. The third-order valence-electron chi connectivity index (χ3n) is 11.6. The Kier molecular flexibility index (Phi) is 5.79. The molecular weight excluding hydrogens is 396 g/mol. The van der Waals surface area contributed by atoms with Crippen LogP contribution in [0, 0.1) is 46.3 Å². The van der Waals surface area contributed by atoms with E-state index in [2.05, 4.69) is 34.6 Å². The van der Waals surface area contributed by atoms with Gasteiger partial charge in [0.1, 0.15) is 11.7 Å². The zero-order valence-electron chi connectivity index (χ0n) is 21.6. The molecule has 0 aromatic heterocycles. The van der Waals surface area contributed by atoms with Crippen LogP contribution >= 0.6 is 0 Å². The highest BCUT2D eigenvalue weighted by molar-refractivity contribution is 5.66. The Morgan fingerprint density at radius 3 is 2.53 bits per heavy atom. The maximum absolute atomic E-state index is 11.6. The normalized spacial score (nSPS) is 50.1. The third-order valence-corrected chi connectivity index (χ3v) is 11.6. The quantitative estimate of drug-likeness (QED) is 0.322. The van der Waals surface area contributed by atoms with Crippen LogP contribution in [0.2, 0.25) is 0 Å². The molecule has 3 nitrogen and oxygen atoms in total. The van der Waals surface area contributed by atoms with Crippen molar-refractivity contribution >= 4 is 5.97 Å². The molecule has 0 aromatic rings. The lowest BCUT2D eigenvalue weighted by molar-refractivity contribution is -0.157. The first-order chi connectivity index (χ1) is 15.1. The van der Waals surface area contributed by atoms with Crippen LogP contribution in [0.4, 0.5) is 0 Å². The van der Waals surface area contributed by atoms with Crippen LogP contribution in [-0.2, 0) is 14.3 Å². The zero-order valence-corrected chi connectivity index (χ0v) is 21.6. The van der Waals surface area contributed by atoms with Gasteiger partial charge in [-0.3, -0.25) is 4.79 Å². The molecule has 5 rings (SSSR count). The predicted octanol–water partition coefficient (Wildman–Crippen LogP) is 7.17. The first-order valence-electron chi connectivity index (χ1n) is 14.0. The van der Waals surface area contributed by atoms with Crippen molar-refractivity contribution in [2.75, 3.05) is 0 Å². The van der Waals surface area contributed by atoms with Crippen molar-refractivity contribution in [3.8, 4) is 0 Å². The van der Waals surface area contributed by atoms with E-state index >= 15 is 0 Å². The van der Waals surface area contributed by atoms with Gasteiger partial charge in [0.15, 0.2) is 0 Å². The van der Waals surface area contributed by atoms with Crippen molar-refractivity contribution in [2.45, 2.75) is 130 Å². The van der Waals surface area contributed by atoms with Crippen molar-refractivity contribution in [1.29, 1.82) is 0 Å². The smallest absolute Gasteiger partial charge is 0.302 e. The fourth-order valence-electron chi connectivity index (χ4n) is 10.00. The van der Waals surface area contributed by atoms with Gasteiger partial charge in [0.2, 0.25) is 0 Å². The standard InChI is InChI=1S/C29H48O3/c1-18(2)8-7-9-19(3)23-10-11-24-22-16-26-29(32-26)17-21(31-20(4)30)12-15-28(29,6)25(22)13-14-27(23,24)5/h18-19,21-26H,7-17H2,1-6H3/t19-,21+,22-,23+,24+,25-,26-,27-,28-,29-/m1/s1. The molecule has 4 saturated carbocycles. The monoisotopic (exact) mass is 444 g/mol. The summed E-state index contributed by atoms with van der Waals surface area (Å²) in [7, 11) is 0. The number of esters is 1. The summed E-state index contributed by atoms with van der Waals surface area (Å²) in [4.78, 5) is 11.6. The fraction of sp³-hybridized carbons (Fsp3) is 0.966. The van der Waals surface area contributed by atoms with Gasteiger partial charge in [-0.25, -0.2) is 0 Å². The van der Waals surface area contributed by atoms with Gasteiger partial charge in [0.05, 0.1) is 6.10 Å². The first kappa shape index (κ1) is 23.2. The molecule has 0 N–H and O–H groups in total. The van der Waals surface area contributed by atoms with E-state index < -0.39 is 0 Å². The fourth-order valence-corrected chi connectivity index (χ4v) is 10.00. The van der Waals surface area contributed by atoms with Crippen molar-refractivity contribution in [2.24, 2.45) is 46.3 Å². The van der Waals surface area contributed by atoms with Gasteiger partial charge in [-0.2, -0.15) is 0 Å². The van der Waals surface area contributed by atoms with Crippen molar-refractivity contribution in [3.63, 3.8) is 0 Å². The van der Waals surface area contributed by atoms with Crippen molar-refractivity contribution in [3.05, 3.63) is 0 Å². The summed E-state index contributed by atoms with van der Waals surface area (Å²) in [5.41, 5.74) is 0.820. The summed E-state index contributed by atoms with van der Waals surface area (Å²) in [6.45, 7) is 14.1. The lowest BCUT2D eigenvalue weighted by Crippen LogP contribution is -2.59. The second kappa shape index (κ2) is 7.99. The van der Waals surface area contributed by atoms with Gasteiger partial charge in [0, 0.05) is 18.8 Å². The van der Waals surface area contributed by atoms with Crippen LogP contribution in [0.5, 0.6) is 0 Å². The minimum absolute atomic E-state index is 0.00240. The Morgan fingerprint density at radius 2 is 1.81 bits per heavy atom. The van der Waals surface area contributed by atoms with Crippen LogP contribution in [-0.4, -0.2) is 23.8 Å². The highest BCUT2D eigenvalue weighted by Crippen LogP contribution is 2.74. The van der Waals surface area contributed by atoms with E-state index in [1.807, 2.05) is 0 Å². The molecule has 5 fully saturated rings. The van der Waals surface area contributed by atoms with E-state index in [1.54, 1.807) is 6.92 Å². The van der Waals surface area contributed by atoms with Gasteiger partial charge in [0.25, 0.3) is 0 Å². The largest absolute Gasteiger partial charge is 0.462 e. The SMILES string of the molecule is CC(=O)O[C@H]1CC[C@]2(C)[C@@H]3CC[C@@]4(C)[C@@H](CC[C@H]4[C@H](C)CCCC(C)C)[C@H]3C[C@H]3O[C@]32C1. The molecule has 0 aromatic carbocycles. The third kappa shape index (κ3) is 3.42. The predicted molar refractivity (Wildman–Crippen MR) is 128 cm³/mol. The van der Waals surface area contributed by atoms with Crippen LogP contribution in [0.1, 0.15) is 112 Å². The first-order valence-corrected chi connectivity index (χ1v) is 14.0. The summed E-state index contributed by atoms with van der Waals surface area (Å²) in [6, 6.07) is 0. The lowest BCUT2D eigenvalue weighted by atomic mass is 9.44. The molecule has 0 unspecified atom stereocenters. The minimum Gasteiger partial charge on any atom is -0.462 e. The van der Waals surface area contributed by atoms with E-state index in [4.69, 9.17) is 9.47 Å². The Morgan fingerprint density at radius 1 is 1.03 bits per heavy atom. The van der Waals surface area contributed by atoms with Gasteiger partial charge >= 0.3 is 5.97 Å². The summed E-state index contributed by atoms with van der Waals surface area (Å²) >= 11 is 0. The molecule has 0 bridgehead atoms. The number of carbonyl (C=O) groups excluding carboxylic acids is 1. The Balaban J connectivity index is 1.30. The molecule has 1 aliphatic heterocycles. The molecule has 5 aliphatic rings. The molecule has 0 radical (unpaired) electrons. The molecule has 1 spiro atoms. The number of rotatable bonds is 6. The molecule has 4 aliphatic carbocycles. The number of carbonyl (C=O) groups is 1. The number of fused-ring (bicyclic) bond motifs is 4. The van der Waals surface area contributed by atoms with Crippen molar-refractivity contribution < 1.29 is 14.3 Å². The van der Waals surface area contributed by atoms with Gasteiger partial charge < -0.3 is 9.47 Å². The second-order valence-electron chi connectivity index (χ2n) is 13.5. The maximum Gasteiger partial charge on any atom is 0.302 e. The van der Waals surface area contributed by atoms with E-state index in [9.17, 15) is 4.79 Å². The van der Waals surface area contributed by atoms with E-state index in [1.165, 1.54) is 57.8 Å². The highest BCUT2D eigenvalue weighted by atomic mass is 16.6. The lowest BCUT2D eigenvalue weighted by Gasteiger charge is -2.59. The van der Waals surface area contributed by atoms with E-state index in [0.717, 1.165) is 48.3 Å². The summed E-state index contributed by atoms with van der Waals surface area (Å²) in [6.07, 6.45) is 14.8. The average Bonchev–Trinajstić information content (AvgIpc) is 3.28. The molecule has 182 valence electrons. The summed E-state index contributed by atoms with van der Waals surface area (Å²) < 4.78 is 12.3. The van der Waals surface area contributed by atoms with Gasteiger partial charge in [-0.15, -0.1) is 0 Å². The molecule has 32 heavy (non-hydrogen) atoms. The average molecular weight is 445 g/mol. The van der Waals surface area contributed by atoms with Gasteiger partial charge in [-0.1, -0.05) is 53.9 Å². The van der Waals surface area contributed by atoms with Crippen LogP contribution in [0.15, 0.2) is 0 Å². The number of ether oxygens (including phenoxy) is 2. The summed E-state index contributed by atoms with van der Waals surface area (Å²) in [5.74, 6) is 5.03. The zero-order chi connectivity index (χ0) is 22.9. The Bertz CT molecular complexity index is 732. The maximum atomic E-state index is 11.6. The van der Waals surface area contributed by atoms with Crippen LogP contribution in [0.25, 0.3) is 0 Å². The molecular formula is C29H48O3. The number of hydrogen-bond acceptors (Lipinski definition) is 3. The van der Waals surface area contributed by atoms with Crippen molar-refractivity contribution in [1.82, 2.24) is 0 Å². The summed E-state index contributed by atoms with van der Waals surface area (Å²) in [5, 5.41) is 0. The second-order valence-corrected chi connectivity index (χ2v) is 13.5. The number of epoxide rings is 1. The van der Waals surface area contributed by atoms with Crippen LogP contribution < -0.4 is 0 Å². The number of hydrogen-bond donors (Lipinski definition) is 0. The van der Waals surface area contributed by atoms with E-state index in [-0.39, 0.29) is 23.1 Å². The molecule has 1 heterocycles. The van der Waals surface area contributed by atoms with E-state index in [0.29, 0.717) is 11.5 Å². The Hall–Kier alpha value is -0.570. The van der Waals surface area contributed by atoms with Crippen LogP contribution in [0.3, 0.4) is 0 Å². The topological polar surface area (TPSA) is 38.8 Å². The molecule has 10 atom stereocenters. The molecule has 1 saturated heterocycles. The highest BCUT2D eigenvalue weighted by Gasteiger charge is 2.76. The van der Waals surface area contributed by atoms with Gasteiger partial charge in [-0.05, 0) is 85.9 Å². The Labute approximate surface area is 196 Å². The molecule has 0 amide bonds. The minimum atomic E-state index is -0.131.